The maximum atomic E-state index is 12.1. The number of pyridine rings is 1. The summed E-state index contributed by atoms with van der Waals surface area (Å²) in [7, 11) is 1.82. The maximum Gasteiger partial charge on any atom is 0.251 e. The highest BCUT2D eigenvalue weighted by atomic mass is 16.5. The van der Waals surface area contributed by atoms with Gasteiger partial charge in [0.15, 0.2) is 5.65 Å². The zero-order chi connectivity index (χ0) is 19.4. The van der Waals surface area contributed by atoms with Gasteiger partial charge in [-0.25, -0.2) is 4.98 Å². The van der Waals surface area contributed by atoms with E-state index in [-0.39, 0.29) is 18.4 Å². The lowest BCUT2D eigenvalue weighted by molar-refractivity contribution is -0.115. The number of amides is 2. The fourth-order valence-corrected chi connectivity index (χ4v) is 2.71. The Morgan fingerprint density at radius 2 is 1.96 bits per heavy atom. The number of carbonyl (C=O) groups excluding carboxylic acids is 2. The van der Waals surface area contributed by atoms with Crippen LogP contribution in [0.5, 0.6) is 5.75 Å². The number of rotatable bonds is 6. The molecule has 2 amide bonds. The Morgan fingerprint density at radius 1 is 1.22 bits per heavy atom. The summed E-state index contributed by atoms with van der Waals surface area (Å²) in [6.07, 6.45) is 1.57. The van der Waals surface area contributed by atoms with E-state index in [0.717, 1.165) is 16.7 Å². The quantitative estimate of drug-likeness (QED) is 0.695. The van der Waals surface area contributed by atoms with Gasteiger partial charge >= 0.3 is 0 Å². The van der Waals surface area contributed by atoms with Gasteiger partial charge in [-0.15, -0.1) is 0 Å². The van der Waals surface area contributed by atoms with Crippen molar-refractivity contribution in [1.82, 2.24) is 20.1 Å². The van der Waals surface area contributed by atoms with Crippen molar-refractivity contribution >= 4 is 28.5 Å². The van der Waals surface area contributed by atoms with Crippen molar-refractivity contribution in [2.75, 3.05) is 18.5 Å². The smallest absolute Gasteiger partial charge is 0.251 e. The van der Waals surface area contributed by atoms with Crippen molar-refractivity contribution in [2.24, 2.45) is 7.05 Å². The topological polar surface area (TPSA) is 98.1 Å². The first kappa shape index (κ1) is 18.4. The molecule has 0 radical (unpaired) electrons. The molecule has 0 saturated carbocycles. The van der Waals surface area contributed by atoms with E-state index in [4.69, 9.17) is 4.74 Å². The van der Waals surface area contributed by atoms with Crippen LogP contribution in [-0.2, 0) is 11.8 Å². The van der Waals surface area contributed by atoms with Gasteiger partial charge in [-0.1, -0.05) is 0 Å². The van der Waals surface area contributed by atoms with Gasteiger partial charge in [0, 0.05) is 18.0 Å². The fourth-order valence-electron chi connectivity index (χ4n) is 2.71. The van der Waals surface area contributed by atoms with E-state index in [1.165, 1.54) is 0 Å². The number of benzene rings is 1. The van der Waals surface area contributed by atoms with Crippen molar-refractivity contribution in [3.05, 3.63) is 47.8 Å². The van der Waals surface area contributed by atoms with E-state index in [9.17, 15) is 9.59 Å². The molecule has 8 nitrogen and oxygen atoms in total. The zero-order valence-corrected chi connectivity index (χ0v) is 15.4. The Bertz CT molecular complexity index is 979. The third-order valence-electron chi connectivity index (χ3n) is 3.98. The molecule has 0 atom stereocenters. The third-order valence-corrected chi connectivity index (χ3v) is 3.98. The third kappa shape index (κ3) is 4.22. The van der Waals surface area contributed by atoms with Gasteiger partial charge in [0.25, 0.3) is 5.91 Å². The first-order chi connectivity index (χ1) is 13.0. The second kappa shape index (κ2) is 7.86. The van der Waals surface area contributed by atoms with Crippen LogP contribution in [0.3, 0.4) is 0 Å². The van der Waals surface area contributed by atoms with E-state index < -0.39 is 0 Å². The molecule has 0 aliphatic rings. The number of aryl methyl sites for hydroxylation is 2. The van der Waals surface area contributed by atoms with Crippen LogP contribution in [0, 0.1) is 6.92 Å². The summed E-state index contributed by atoms with van der Waals surface area (Å²) in [5.74, 6) is 0.0299. The van der Waals surface area contributed by atoms with E-state index >= 15 is 0 Å². The van der Waals surface area contributed by atoms with Crippen LogP contribution in [0.2, 0.25) is 0 Å². The predicted octanol–water partition coefficient (Wildman–Crippen LogP) is 2.04. The Kier molecular flexibility index (Phi) is 5.35. The van der Waals surface area contributed by atoms with Crippen LogP contribution >= 0.6 is 0 Å². The molecule has 0 saturated heterocycles. The minimum absolute atomic E-state index is 0.143. The van der Waals surface area contributed by atoms with Crippen molar-refractivity contribution in [3.63, 3.8) is 0 Å². The monoisotopic (exact) mass is 367 g/mol. The lowest BCUT2D eigenvalue weighted by Gasteiger charge is -2.08. The lowest BCUT2D eigenvalue weighted by atomic mass is 10.2. The zero-order valence-electron chi connectivity index (χ0n) is 15.4. The highest BCUT2D eigenvalue weighted by Gasteiger charge is 2.11. The van der Waals surface area contributed by atoms with E-state index in [1.54, 1.807) is 35.1 Å². The number of hydrogen-bond acceptors (Lipinski definition) is 5. The van der Waals surface area contributed by atoms with Crippen LogP contribution in [-0.4, -0.2) is 39.7 Å². The van der Waals surface area contributed by atoms with Gasteiger partial charge in [0.2, 0.25) is 5.91 Å². The molecule has 3 rings (SSSR count). The second-order valence-electron chi connectivity index (χ2n) is 5.99. The lowest BCUT2D eigenvalue weighted by Crippen LogP contribution is -2.32. The summed E-state index contributed by atoms with van der Waals surface area (Å²) in [6, 6.07) is 8.56. The number of carbonyl (C=O) groups is 2. The van der Waals surface area contributed by atoms with Crippen molar-refractivity contribution in [3.8, 4) is 5.75 Å². The highest BCUT2D eigenvalue weighted by molar-refractivity contribution is 5.99. The van der Waals surface area contributed by atoms with Crippen LogP contribution < -0.4 is 15.4 Å². The Balaban J connectivity index is 1.57. The number of nitrogens with zero attached hydrogens (tertiary/aromatic N) is 3. The number of hydrogen-bond donors (Lipinski definition) is 2. The predicted molar refractivity (Wildman–Crippen MR) is 102 cm³/mol. The first-order valence-electron chi connectivity index (χ1n) is 8.58. The molecule has 27 heavy (non-hydrogen) atoms. The van der Waals surface area contributed by atoms with Crippen molar-refractivity contribution < 1.29 is 14.3 Å². The average Bonchev–Trinajstić information content (AvgIpc) is 2.94. The van der Waals surface area contributed by atoms with Crippen LogP contribution in [0.4, 0.5) is 5.69 Å². The standard InChI is InChI=1S/C19H21N5O3/c1-4-27-15-7-5-13(6-8-15)19(26)21-11-17(25)22-14-9-16-12(2)23-24(3)18(16)20-10-14/h5-10H,4,11H2,1-3H3,(H,21,26)(H,22,25). The molecule has 2 heterocycles. The van der Waals surface area contributed by atoms with Crippen LogP contribution in [0.1, 0.15) is 23.0 Å². The average molecular weight is 367 g/mol. The molecular formula is C19H21N5O3. The molecule has 0 bridgehead atoms. The summed E-state index contributed by atoms with van der Waals surface area (Å²) >= 11 is 0. The molecular weight excluding hydrogens is 346 g/mol. The van der Waals surface area contributed by atoms with Gasteiger partial charge in [-0.3, -0.25) is 14.3 Å². The molecule has 0 spiro atoms. The number of anilines is 1. The van der Waals surface area contributed by atoms with E-state index in [1.807, 2.05) is 27.0 Å². The van der Waals surface area contributed by atoms with Gasteiger partial charge in [-0.2, -0.15) is 5.10 Å². The van der Waals surface area contributed by atoms with Gasteiger partial charge in [-0.05, 0) is 44.2 Å². The summed E-state index contributed by atoms with van der Waals surface area (Å²) in [6.45, 7) is 4.19. The Morgan fingerprint density at radius 3 is 2.67 bits per heavy atom. The van der Waals surface area contributed by atoms with Gasteiger partial charge in [0.1, 0.15) is 5.75 Å². The molecule has 3 aromatic rings. The Labute approximate surface area is 156 Å². The molecule has 8 heteroatoms. The minimum Gasteiger partial charge on any atom is -0.494 e. The minimum atomic E-state index is -0.336. The van der Waals surface area contributed by atoms with Gasteiger partial charge in [0.05, 0.1) is 30.7 Å². The van der Waals surface area contributed by atoms with Crippen LogP contribution in [0.15, 0.2) is 36.5 Å². The normalized spacial score (nSPS) is 10.6. The Hall–Kier alpha value is -3.42. The van der Waals surface area contributed by atoms with Crippen LogP contribution in [0.25, 0.3) is 11.0 Å². The van der Waals surface area contributed by atoms with E-state index in [0.29, 0.717) is 23.6 Å². The molecule has 140 valence electrons. The summed E-state index contributed by atoms with van der Waals surface area (Å²) in [5, 5.41) is 10.5. The fraction of sp³-hybridized carbons (Fsp3) is 0.263. The summed E-state index contributed by atoms with van der Waals surface area (Å²) in [4.78, 5) is 28.6. The molecule has 0 unspecified atom stereocenters. The molecule has 2 aromatic heterocycles. The molecule has 0 aliphatic heterocycles. The number of aromatic nitrogens is 3. The van der Waals surface area contributed by atoms with Crippen molar-refractivity contribution in [1.29, 1.82) is 0 Å². The highest BCUT2D eigenvalue weighted by Crippen LogP contribution is 2.19. The van der Waals surface area contributed by atoms with Gasteiger partial charge < -0.3 is 15.4 Å². The maximum absolute atomic E-state index is 12.1. The number of nitrogens with one attached hydrogen (secondary N) is 2. The van der Waals surface area contributed by atoms with E-state index in [2.05, 4.69) is 20.7 Å². The summed E-state index contributed by atoms with van der Waals surface area (Å²) in [5.41, 5.74) is 2.59. The molecule has 0 fully saturated rings. The molecule has 0 aliphatic carbocycles. The SMILES string of the molecule is CCOc1ccc(C(=O)NCC(=O)Nc2cnc3c(c2)c(C)nn3C)cc1. The number of ether oxygens (including phenoxy) is 1. The number of fused-ring (bicyclic) bond motifs is 1. The largest absolute Gasteiger partial charge is 0.494 e. The first-order valence-corrected chi connectivity index (χ1v) is 8.58. The molecule has 1 aromatic carbocycles. The molecule has 2 N–H and O–H groups in total. The summed E-state index contributed by atoms with van der Waals surface area (Å²) < 4.78 is 7.03. The second-order valence-corrected chi connectivity index (χ2v) is 5.99. The van der Waals surface area contributed by atoms with Crippen molar-refractivity contribution in [2.45, 2.75) is 13.8 Å².